The average molecular weight is 330 g/mol. The van der Waals surface area contributed by atoms with Crippen LogP contribution >= 0.6 is 0 Å². The van der Waals surface area contributed by atoms with Gasteiger partial charge in [0, 0.05) is 0 Å². The van der Waals surface area contributed by atoms with Crippen molar-refractivity contribution in [3.05, 3.63) is 0 Å². The summed E-state index contributed by atoms with van der Waals surface area (Å²) in [5, 5.41) is 0. The standard InChI is InChI=1S/K.H2O8S2.H2O4S/c;1-9(2,3)7-8-10(4,5)6;1-5(2,3)4/h;(H,1,2,3)(H,4,5,6);(H2,1,2,3,4)/q+1;;/p-1. The van der Waals surface area contributed by atoms with Crippen molar-refractivity contribution in [2.24, 2.45) is 0 Å². The molecule has 0 fully saturated rings. The number of rotatable bonds is 3. The largest absolute Gasteiger partial charge is 1.00 e. The van der Waals surface area contributed by atoms with Crippen LogP contribution < -0.4 is 51.4 Å². The SMILES string of the molecule is O=S(=O)(O)O.O=S(=O)([O-])OOS(=O)(=O)O.[K+]. The minimum Gasteiger partial charge on any atom is -0.724 e. The van der Waals surface area contributed by atoms with Crippen molar-refractivity contribution in [1.29, 1.82) is 0 Å². The van der Waals surface area contributed by atoms with E-state index < -0.39 is 31.2 Å². The predicted octanol–water partition coefficient (Wildman–Crippen LogP) is -5.45. The monoisotopic (exact) mass is 330 g/mol. The van der Waals surface area contributed by atoms with Gasteiger partial charge in [-0.2, -0.15) is 16.8 Å². The summed E-state index contributed by atoms with van der Waals surface area (Å²) in [6.45, 7) is 0. The van der Waals surface area contributed by atoms with E-state index in [2.05, 4.69) is 8.67 Å². The van der Waals surface area contributed by atoms with Gasteiger partial charge in [0.15, 0.2) is 0 Å². The van der Waals surface area contributed by atoms with Gasteiger partial charge in [0.25, 0.3) is 0 Å². The molecule has 0 spiro atoms. The zero-order chi connectivity index (χ0) is 12.9. The molecule has 0 bridgehead atoms. The molecule has 3 N–H and O–H groups in total. The maximum Gasteiger partial charge on any atom is 1.00 e. The molecular formula is H3KO12S3. The van der Waals surface area contributed by atoms with Crippen LogP contribution in [0.4, 0.5) is 0 Å². The molecule has 94 valence electrons. The fraction of sp³-hybridized carbons (Fsp3) is 0. The molecule has 16 heteroatoms. The van der Waals surface area contributed by atoms with Gasteiger partial charge in [0.2, 0.25) is 10.4 Å². The Bertz CT molecular complexity index is 420. The van der Waals surface area contributed by atoms with Gasteiger partial charge in [-0.3, -0.25) is 13.7 Å². The molecule has 0 aromatic carbocycles. The molecule has 0 saturated carbocycles. The summed E-state index contributed by atoms with van der Waals surface area (Å²) in [5.74, 6) is 0. The third kappa shape index (κ3) is 45.5. The van der Waals surface area contributed by atoms with E-state index in [1.54, 1.807) is 0 Å². The quantitative estimate of drug-likeness (QED) is 0.146. The van der Waals surface area contributed by atoms with Crippen molar-refractivity contribution in [2.75, 3.05) is 0 Å². The molecule has 0 radical (unpaired) electrons. The van der Waals surface area contributed by atoms with Crippen molar-refractivity contribution >= 4 is 31.2 Å². The maximum atomic E-state index is 9.48. The number of hydrogen-bond donors (Lipinski definition) is 3. The summed E-state index contributed by atoms with van der Waals surface area (Å²) in [5.41, 5.74) is 0. The Kier molecular flexibility index (Phi) is 11.7. The van der Waals surface area contributed by atoms with Crippen LogP contribution in [-0.2, 0) is 39.9 Å². The minimum absolute atomic E-state index is 0. The first-order chi connectivity index (χ1) is 6.21. The molecule has 0 aromatic heterocycles. The molecule has 0 rings (SSSR count). The Morgan fingerprint density at radius 1 is 0.812 bits per heavy atom. The van der Waals surface area contributed by atoms with Crippen LogP contribution in [0.2, 0.25) is 0 Å². The maximum absolute atomic E-state index is 9.48. The van der Waals surface area contributed by atoms with Crippen LogP contribution in [0.1, 0.15) is 0 Å². The zero-order valence-electron chi connectivity index (χ0n) is 7.24. The van der Waals surface area contributed by atoms with E-state index in [1.807, 2.05) is 0 Å². The third-order valence-corrected chi connectivity index (χ3v) is 0.758. The summed E-state index contributed by atoms with van der Waals surface area (Å²) < 4.78 is 91.7. The second kappa shape index (κ2) is 8.37. The van der Waals surface area contributed by atoms with E-state index in [9.17, 15) is 21.4 Å². The topological polar surface area (TPSA) is 205 Å². The van der Waals surface area contributed by atoms with Crippen LogP contribution in [0.5, 0.6) is 0 Å². The van der Waals surface area contributed by atoms with Gasteiger partial charge in [-0.15, -0.1) is 0 Å². The summed E-state index contributed by atoms with van der Waals surface area (Å²) in [7, 11) is -15.0. The Morgan fingerprint density at radius 3 is 1.12 bits per heavy atom. The molecule has 16 heavy (non-hydrogen) atoms. The van der Waals surface area contributed by atoms with Crippen molar-refractivity contribution in [3.63, 3.8) is 0 Å². The Balaban J connectivity index is -0.000000242. The van der Waals surface area contributed by atoms with Gasteiger partial charge < -0.3 is 4.55 Å². The van der Waals surface area contributed by atoms with Crippen LogP contribution in [0.25, 0.3) is 0 Å². The fourth-order valence-corrected chi connectivity index (χ4v) is 0.622. The van der Waals surface area contributed by atoms with E-state index in [0.29, 0.717) is 0 Å². The van der Waals surface area contributed by atoms with E-state index in [0.717, 1.165) is 0 Å². The molecule has 0 aliphatic heterocycles. The Morgan fingerprint density at radius 2 is 1.06 bits per heavy atom. The van der Waals surface area contributed by atoms with Crippen LogP contribution in [0.3, 0.4) is 0 Å². The van der Waals surface area contributed by atoms with Crippen molar-refractivity contribution in [3.8, 4) is 0 Å². The summed E-state index contributed by atoms with van der Waals surface area (Å²) in [6.07, 6.45) is 0. The molecule has 0 aliphatic carbocycles. The van der Waals surface area contributed by atoms with Crippen LogP contribution in [-0.4, -0.2) is 43.5 Å². The minimum atomic E-state index is -5.27. The summed E-state index contributed by atoms with van der Waals surface area (Å²) in [6, 6.07) is 0. The van der Waals surface area contributed by atoms with Gasteiger partial charge in [-0.05, 0) is 0 Å². The van der Waals surface area contributed by atoms with E-state index in [-0.39, 0.29) is 51.4 Å². The van der Waals surface area contributed by atoms with Crippen molar-refractivity contribution in [1.82, 2.24) is 0 Å². The van der Waals surface area contributed by atoms with Crippen molar-refractivity contribution < 1.29 is 104 Å². The summed E-state index contributed by atoms with van der Waals surface area (Å²) in [4.78, 5) is 0. The first kappa shape index (κ1) is 22.4. The molecule has 0 heterocycles. The molecule has 0 amide bonds. The van der Waals surface area contributed by atoms with Crippen LogP contribution in [0, 0.1) is 0 Å². The summed E-state index contributed by atoms with van der Waals surface area (Å²) >= 11 is 0. The normalized spacial score (nSPS) is 12.0. The Hall–Kier alpha value is 1.25. The Labute approximate surface area is 133 Å². The molecule has 0 unspecified atom stereocenters. The predicted molar refractivity (Wildman–Crippen MR) is 37.6 cm³/mol. The fourth-order valence-electron chi connectivity index (χ4n) is 0.0691. The van der Waals surface area contributed by atoms with Crippen LogP contribution in [0.15, 0.2) is 0 Å². The van der Waals surface area contributed by atoms with Gasteiger partial charge in [-0.1, -0.05) is 8.67 Å². The molecule has 12 nitrogen and oxygen atoms in total. The molecular weight excluding hydrogens is 327 g/mol. The zero-order valence-corrected chi connectivity index (χ0v) is 12.8. The second-order valence-corrected chi connectivity index (χ2v) is 4.26. The van der Waals surface area contributed by atoms with Gasteiger partial charge >= 0.3 is 72.2 Å². The van der Waals surface area contributed by atoms with Gasteiger partial charge in [-0.25, -0.2) is 8.42 Å². The first-order valence-electron chi connectivity index (χ1n) is 2.21. The third-order valence-electron chi connectivity index (χ3n) is 0.197. The molecule has 0 aromatic rings. The van der Waals surface area contributed by atoms with E-state index >= 15 is 0 Å². The second-order valence-electron chi connectivity index (χ2n) is 1.42. The average Bonchev–Trinajstić information content (AvgIpc) is 1.76. The van der Waals surface area contributed by atoms with Gasteiger partial charge in [0.1, 0.15) is 0 Å². The van der Waals surface area contributed by atoms with Gasteiger partial charge in [0.05, 0.1) is 0 Å². The number of hydrogen-bond acceptors (Lipinski definition) is 9. The molecule has 0 atom stereocenters. The molecule has 0 aliphatic rings. The molecule has 0 saturated heterocycles. The van der Waals surface area contributed by atoms with Crippen molar-refractivity contribution in [2.45, 2.75) is 0 Å². The van der Waals surface area contributed by atoms with E-state index in [4.69, 9.17) is 22.1 Å². The first-order valence-corrected chi connectivity index (χ1v) is 6.31. The smallest absolute Gasteiger partial charge is 0.724 e. The van der Waals surface area contributed by atoms with E-state index in [1.165, 1.54) is 0 Å².